The Morgan fingerprint density at radius 2 is 2.46 bits per heavy atom. The molecule has 72 valence electrons. The van der Waals surface area contributed by atoms with Crippen LogP contribution in [-0.4, -0.2) is 43.3 Å². The second kappa shape index (κ2) is 3.26. The smallest absolute Gasteiger partial charge is 0.134 e. The van der Waals surface area contributed by atoms with Gasteiger partial charge in [0.25, 0.3) is 0 Å². The number of hydrogen-bond donors (Lipinski definition) is 1. The highest BCUT2D eigenvalue weighted by molar-refractivity contribution is 5.06. The third-order valence-electron chi connectivity index (χ3n) is 3.25. The van der Waals surface area contributed by atoms with E-state index in [0.717, 1.165) is 13.0 Å². The SMILES string of the molecule is CN1CC2C[C@H](OCC#N)C1C2N. The number of rotatable bonds is 2. The molecule has 2 fully saturated rings. The van der Waals surface area contributed by atoms with Crippen LogP contribution in [0.5, 0.6) is 0 Å². The first-order chi connectivity index (χ1) is 6.24. The highest BCUT2D eigenvalue weighted by Crippen LogP contribution is 2.37. The predicted molar refractivity (Wildman–Crippen MR) is 47.9 cm³/mol. The van der Waals surface area contributed by atoms with Crippen LogP contribution in [0.3, 0.4) is 0 Å². The van der Waals surface area contributed by atoms with Crippen LogP contribution in [0.4, 0.5) is 0 Å². The van der Waals surface area contributed by atoms with Gasteiger partial charge in [0.1, 0.15) is 6.61 Å². The first-order valence-electron chi connectivity index (χ1n) is 4.68. The highest BCUT2D eigenvalue weighted by atomic mass is 16.5. The maximum absolute atomic E-state index is 8.41. The number of ether oxygens (including phenoxy) is 1. The number of nitrogens with two attached hydrogens (primary N) is 1. The van der Waals surface area contributed by atoms with Gasteiger partial charge in [-0.1, -0.05) is 0 Å². The third kappa shape index (κ3) is 1.33. The maximum atomic E-state index is 8.41. The first kappa shape index (κ1) is 8.95. The summed E-state index contributed by atoms with van der Waals surface area (Å²) >= 11 is 0. The van der Waals surface area contributed by atoms with Crippen molar-refractivity contribution in [3.8, 4) is 6.07 Å². The van der Waals surface area contributed by atoms with E-state index in [4.69, 9.17) is 15.7 Å². The molecule has 2 N–H and O–H groups in total. The van der Waals surface area contributed by atoms with E-state index < -0.39 is 0 Å². The molecule has 4 atom stereocenters. The average Bonchev–Trinajstić information content (AvgIpc) is 2.54. The summed E-state index contributed by atoms with van der Waals surface area (Å²) in [4.78, 5) is 2.25. The topological polar surface area (TPSA) is 62.3 Å². The maximum Gasteiger partial charge on any atom is 0.134 e. The Bertz CT molecular complexity index is 238. The normalized spacial score (nSPS) is 43.8. The molecule has 2 rings (SSSR count). The lowest BCUT2D eigenvalue weighted by Crippen LogP contribution is -2.44. The Labute approximate surface area is 78.3 Å². The van der Waals surface area contributed by atoms with Gasteiger partial charge in [0.2, 0.25) is 0 Å². The minimum atomic E-state index is 0.179. The number of fused-ring (bicyclic) bond motifs is 2. The zero-order chi connectivity index (χ0) is 9.42. The molecule has 0 aromatic carbocycles. The Morgan fingerprint density at radius 1 is 1.69 bits per heavy atom. The lowest BCUT2D eigenvalue weighted by Gasteiger charge is -2.29. The van der Waals surface area contributed by atoms with E-state index in [9.17, 15) is 0 Å². The van der Waals surface area contributed by atoms with Gasteiger partial charge in [-0.15, -0.1) is 0 Å². The number of likely N-dealkylation sites (tertiary alicyclic amines) is 1. The predicted octanol–water partition coefficient (Wildman–Crippen LogP) is -0.444. The van der Waals surface area contributed by atoms with Crippen molar-refractivity contribution in [2.24, 2.45) is 11.7 Å². The molecular formula is C9H15N3O. The molecule has 4 nitrogen and oxygen atoms in total. The number of nitriles is 1. The van der Waals surface area contributed by atoms with Crippen molar-refractivity contribution in [3.05, 3.63) is 0 Å². The van der Waals surface area contributed by atoms with Gasteiger partial charge in [-0.25, -0.2) is 0 Å². The molecule has 3 unspecified atom stereocenters. The van der Waals surface area contributed by atoms with E-state index in [1.807, 2.05) is 6.07 Å². The van der Waals surface area contributed by atoms with Crippen molar-refractivity contribution >= 4 is 0 Å². The number of piperidine rings is 1. The average molecular weight is 181 g/mol. The van der Waals surface area contributed by atoms with Crippen molar-refractivity contribution in [2.75, 3.05) is 20.2 Å². The third-order valence-corrected chi connectivity index (χ3v) is 3.25. The van der Waals surface area contributed by atoms with Gasteiger partial charge in [0, 0.05) is 12.6 Å². The summed E-state index contributed by atoms with van der Waals surface area (Å²) < 4.78 is 5.44. The summed E-state index contributed by atoms with van der Waals surface area (Å²) in [6, 6.07) is 2.58. The molecule has 0 radical (unpaired) electrons. The molecule has 0 amide bonds. The van der Waals surface area contributed by atoms with Crippen LogP contribution in [0.25, 0.3) is 0 Å². The van der Waals surface area contributed by atoms with Crippen LogP contribution in [0.15, 0.2) is 0 Å². The van der Waals surface area contributed by atoms with E-state index in [1.165, 1.54) is 0 Å². The summed E-state index contributed by atoms with van der Waals surface area (Å²) in [5.74, 6) is 0.568. The van der Waals surface area contributed by atoms with E-state index in [-0.39, 0.29) is 18.8 Å². The molecular weight excluding hydrogens is 166 g/mol. The van der Waals surface area contributed by atoms with Gasteiger partial charge in [0.05, 0.1) is 18.2 Å². The van der Waals surface area contributed by atoms with E-state index in [2.05, 4.69) is 11.9 Å². The van der Waals surface area contributed by atoms with E-state index in [0.29, 0.717) is 12.0 Å². The fourth-order valence-electron chi connectivity index (χ4n) is 2.70. The lowest BCUT2D eigenvalue weighted by atomic mass is 10.1. The van der Waals surface area contributed by atoms with Crippen molar-refractivity contribution in [3.63, 3.8) is 0 Å². The summed E-state index contributed by atoms with van der Waals surface area (Å²) in [7, 11) is 2.08. The molecule has 0 spiro atoms. The first-order valence-corrected chi connectivity index (χ1v) is 4.68. The van der Waals surface area contributed by atoms with Crippen molar-refractivity contribution in [2.45, 2.75) is 24.6 Å². The Hall–Kier alpha value is -0.630. The van der Waals surface area contributed by atoms with Crippen LogP contribution in [0, 0.1) is 17.2 Å². The second-order valence-corrected chi connectivity index (χ2v) is 4.01. The van der Waals surface area contributed by atoms with Crippen LogP contribution in [0.1, 0.15) is 6.42 Å². The lowest BCUT2D eigenvalue weighted by molar-refractivity contribution is 0.0118. The van der Waals surface area contributed by atoms with Gasteiger partial charge in [-0.05, 0) is 19.4 Å². The minimum Gasteiger partial charge on any atom is -0.362 e. The fraction of sp³-hybridized carbons (Fsp3) is 0.889. The fourth-order valence-corrected chi connectivity index (χ4v) is 2.70. The van der Waals surface area contributed by atoms with Gasteiger partial charge < -0.3 is 10.5 Å². The van der Waals surface area contributed by atoms with Crippen LogP contribution in [0.2, 0.25) is 0 Å². The molecule has 0 aromatic rings. The number of likely N-dealkylation sites (N-methyl/N-ethyl adjacent to an activating group) is 1. The second-order valence-electron chi connectivity index (χ2n) is 4.01. The van der Waals surface area contributed by atoms with Crippen LogP contribution < -0.4 is 5.73 Å². The van der Waals surface area contributed by atoms with Crippen molar-refractivity contribution in [1.82, 2.24) is 4.90 Å². The minimum absolute atomic E-state index is 0.179. The van der Waals surface area contributed by atoms with E-state index >= 15 is 0 Å². The van der Waals surface area contributed by atoms with Gasteiger partial charge in [-0.3, -0.25) is 4.90 Å². The van der Waals surface area contributed by atoms with Gasteiger partial charge >= 0.3 is 0 Å². The van der Waals surface area contributed by atoms with Crippen LogP contribution in [-0.2, 0) is 4.74 Å². The monoisotopic (exact) mass is 181 g/mol. The summed E-state index contributed by atoms with van der Waals surface area (Å²) in [5.41, 5.74) is 6.03. The van der Waals surface area contributed by atoms with Gasteiger partial charge in [-0.2, -0.15) is 5.26 Å². The Balaban J connectivity index is 1.99. The van der Waals surface area contributed by atoms with Crippen LogP contribution >= 0.6 is 0 Å². The molecule has 13 heavy (non-hydrogen) atoms. The molecule has 1 saturated heterocycles. The zero-order valence-electron chi connectivity index (χ0n) is 7.81. The zero-order valence-corrected chi connectivity index (χ0v) is 7.81. The molecule has 4 heteroatoms. The quantitative estimate of drug-likeness (QED) is 0.627. The Morgan fingerprint density at radius 3 is 3.00 bits per heavy atom. The molecule has 1 aliphatic heterocycles. The van der Waals surface area contributed by atoms with Crippen molar-refractivity contribution in [1.29, 1.82) is 5.26 Å². The van der Waals surface area contributed by atoms with E-state index in [1.54, 1.807) is 0 Å². The number of hydrogen-bond acceptors (Lipinski definition) is 4. The highest BCUT2D eigenvalue weighted by Gasteiger charge is 2.49. The molecule has 0 aromatic heterocycles. The standard InChI is InChI=1S/C9H15N3O/c1-12-5-6-4-7(13-3-2-10)9(12)8(6)11/h6-9H,3-5,11H2,1H3/t6?,7-,8?,9?/m0/s1. The van der Waals surface area contributed by atoms with Crippen molar-refractivity contribution < 1.29 is 4.74 Å². The summed E-state index contributed by atoms with van der Waals surface area (Å²) in [6.45, 7) is 1.27. The molecule has 2 bridgehead atoms. The number of nitrogens with zero attached hydrogens (tertiary/aromatic N) is 2. The summed E-state index contributed by atoms with van der Waals surface area (Å²) in [5, 5.41) is 8.41. The Kier molecular flexibility index (Phi) is 2.24. The molecule has 1 heterocycles. The summed E-state index contributed by atoms with van der Waals surface area (Å²) in [6.07, 6.45) is 1.20. The largest absolute Gasteiger partial charge is 0.362 e. The van der Waals surface area contributed by atoms with Gasteiger partial charge in [0.15, 0.2) is 0 Å². The molecule has 1 aliphatic carbocycles. The molecule has 2 aliphatic rings. The molecule has 1 saturated carbocycles.